The second-order valence-electron chi connectivity index (χ2n) is 5.71. The Morgan fingerprint density at radius 3 is 2.48 bits per heavy atom. The van der Waals surface area contributed by atoms with Gasteiger partial charge in [0.15, 0.2) is 0 Å². The lowest BCUT2D eigenvalue weighted by Crippen LogP contribution is -2.34. The normalized spacial score (nSPS) is 11.8. The molecule has 0 saturated heterocycles. The maximum atomic E-state index is 12.3. The van der Waals surface area contributed by atoms with Crippen molar-refractivity contribution in [2.24, 2.45) is 0 Å². The Kier molecular flexibility index (Phi) is 5.16. The predicted molar refractivity (Wildman–Crippen MR) is 86.7 cm³/mol. The maximum absolute atomic E-state index is 12.3. The molecule has 0 spiro atoms. The SMILES string of the molecule is Cc1noc(C)c1CC(C)NC(=O)c1cc(C(=O)O)cc([N+](=O)[O-])c1. The molecule has 0 aliphatic rings. The minimum atomic E-state index is -1.35. The third-order valence-electron chi connectivity index (χ3n) is 3.71. The Hall–Kier alpha value is -3.23. The van der Waals surface area contributed by atoms with E-state index in [4.69, 9.17) is 9.63 Å². The van der Waals surface area contributed by atoms with Gasteiger partial charge in [-0.15, -0.1) is 0 Å². The molecule has 1 atom stereocenters. The van der Waals surface area contributed by atoms with Gasteiger partial charge in [-0.3, -0.25) is 14.9 Å². The summed E-state index contributed by atoms with van der Waals surface area (Å²) in [6.07, 6.45) is 0.466. The number of carbonyl (C=O) groups excluding carboxylic acids is 1. The number of amides is 1. The summed E-state index contributed by atoms with van der Waals surface area (Å²) in [4.78, 5) is 33.6. The molecular formula is C16H17N3O6. The average molecular weight is 347 g/mol. The molecule has 0 fully saturated rings. The lowest BCUT2D eigenvalue weighted by Gasteiger charge is -2.14. The van der Waals surface area contributed by atoms with Crippen LogP contribution in [0.1, 0.15) is 44.7 Å². The van der Waals surface area contributed by atoms with Crippen LogP contribution in [0.25, 0.3) is 0 Å². The number of nitro groups is 1. The van der Waals surface area contributed by atoms with Crippen LogP contribution in [-0.4, -0.2) is 33.1 Å². The lowest BCUT2D eigenvalue weighted by molar-refractivity contribution is -0.384. The van der Waals surface area contributed by atoms with Crippen molar-refractivity contribution in [3.63, 3.8) is 0 Å². The lowest BCUT2D eigenvalue weighted by atomic mass is 10.0. The Balaban J connectivity index is 2.19. The molecule has 25 heavy (non-hydrogen) atoms. The molecule has 0 bridgehead atoms. The molecule has 9 heteroatoms. The molecule has 1 aromatic heterocycles. The van der Waals surface area contributed by atoms with Gasteiger partial charge in [0.2, 0.25) is 0 Å². The summed E-state index contributed by atoms with van der Waals surface area (Å²) in [6.45, 7) is 5.32. The summed E-state index contributed by atoms with van der Waals surface area (Å²) in [7, 11) is 0. The number of hydrogen-bond acceptors (Lipinski definition) is 6. The standard InChI is InChI=1S/C16H17N3O6/c1-8(4-14-9(2)18-25-10(14)3)17-15(20)11-5-12(16(21)22)7-13(6-11)19(23)24/h5-8H,4H2,1-3H3,(H,17,20)(H,21,22). The first kappa shape index (κ1) is 18.1. The Bertz CT molecular complexity index is 791. The van der Waals surface area contributed by atoms with E-state index in [1.165, 1.54) is 0 Å². The number of benzene rings is 1. The minimum Gasteiger partial charge on any atom is -0.478 e. The van der Waals surface area contributed by atoms with Crippen molar-refractivity contribution in [3.05, 3.63) is 56.5 Å². The van der Waals surface area contributed by atoms with E-state index in [0.717, 1.165) is 29.5 Å². The van der Waals surface area contributed by atoms with Gasteiger partial charge >= 0.3 is 5.97 Å². The number of aromatic carboxylic acids is 1. The Labute approximate surface area is 142 Å². The van der Waals surface area contributed by atoms with E-state index in [1.54, 1.807) is 20.8 Å². The first-order valence-corrected chi connectivity index (χ1v) is 7.44. The highest BCUT2D eigenvalue weighted by Gasteiger charge is 2.20. The molecule has 1 aromatic carbocycles. The number of nitrogens with one attached hydrogen (secondary N) is 1. The van der Waals surface area contributed by atoms with Crippen molar-refractivity contribution < 1.29 is 24.1 Å². The van der Waals surface area contributed by atoms with Crippen LogP contribution in [0.3, 0.4) is 0 Å². The van der Waals surface area contributed by atoms with Gasteiger partial charge in [-0.2, -0.15) is 0 Å². The third-order valence-corrected chi connectivity index (χ3v) is 3.71. The van der Waals surface area contributed by atoms with Crippen LogP contribution in [0.4, 0.5) is 5.69 Å². The maximum Gasteiger partial charge on any atom is 0.335 e. The zero-order valence-electron chi connectivity index (χ0n) is 13.9. The number of non-ortho nitro benzene ring substituents is 1. The van der Waals surface area contributed by atoms with Crippen LogP contribution in [0, 0.1) is 24.0 Å². The van der Waals surface area contributed by atoms with Gasteiger partial charge in [-0.1, -0.05) is 5.16 Å². The second kappa shape index (κ2) is 7.12. The fourth-order valence-corrected chi connectivity index (χ4v) is 2.43. The molecule has 0 aliphatic heterocycles. The highest BCUT2D eigenvalue weighted by Crippen LogP contribution is 2.18. The third kappa shape index (κ3) is 4.19. The topological polar surface area (TPSA) is 136 Å². The number of carboxylic acid groups (broad SMARTS) is 1. The fraction of sp³-hybridized carbons (Fsp3) is 0.312. The van der Waals surface area contributed by atoms with Gasteiger partial charge in [0.1, 0.15) is 5.76 Å². The van der Waals surface area contributed by atoms with E-state index in [9.17, 15) is 19.7 Å². The van der Waals surface area contributed by atoms with Crippen molar-refractivity contribution >= 4 is 17.6 Å². The Morgan fingerprint density at radius 2 is 1.96 bits per heavy atom. The van der Waals surface area contributed by atoms with Gasteiger partial charge in [0, 0.05) is 29.3 Å². The molecule has 132 valence electrons. The van der Waals surface area contributed by atoms with E-state index < -0.39 is 22.5 Å². The molecule has 2 aromatic rings. The quantitative estimate of drug-likeness (QED) is 0.604. The minimum absolute atomic E-state index is 0.0859. The van der Waals surface area contributed by atoms with Gasteiger partial charge in [-0.25, -0.2) is 4.79 Å². The Morgan fingerprint density at radius 1 is 1.32 bits per heavy atom. The molecule has 2 rings (SSSR count). The largest absolute Gasteiger partial charge is 0.478 e. The molecule has 1 heterocycles. The number of nitrogens with zero attached hydrogens (tertiary/aromatic N) is 2. The van der Waals surface area contributed by atoms with Crippen molar-refractivity contribution in [3.8, 4) is 0 Å². The van der Waals surface area contributed by atoms with E-state index in [0.29, 0.717) is 12.2 Å². The summed E-state index contributed by atoms with van der Waals surface area (Å²) in [5.41, 5.74) is 0.735. The number of aryl methyl sites for hydroxylation is 2. The van der Waals surface area contributed by atoms with E-state index >= 15 is 0 Å². The number of carboxylic acids is 1. The zero-order valence-corrected chi connectivity index (χ0v) is 13.9. The van der Waals surface area contributed by atoms with Crippen molar-refractivity contribution in [2.75, 3.05) is 0 Å². The van der Waals surface area contributed by atoms with Gasteiger partial charge in [0.25, 0.3) is 11.6 Å². The predicted octanol–water partition coefficient (Wildman–Crippen LogP) is 2.26. The van der Waals surface area contributed by atoms with Gasteiger partial charge < -0.3 is 14.9 Å². The van der Waals surface area contributed by atoms with E-state index in [2.05, 4.69) is 10.5 Å². The average Bonchev–Trinajstić information content (AvgIpc) is 2.86. The summed E-state index contributed by atoms with van der Waals surface area (Å²) in [5.74, 6) is -1.28. The van der Waals surface area contributed by atoms with E-state index in [1.807, 2.05) is 0 Å². The number of nitro benzene ring substituents is 1. The molecule has 0 saturated carbocycles. The first-order valence-electron chi connectivity index (χ1n) is 7.44. The highest BCUT2D eigenvalue weighted by molar-refractivity contribution is 5.98. The van der Waals surface area contributed by atoms with Crippen LogP contribution in [-0.2, 0) is 6.42 Å². The molecule has 1 amide bonds. The molecule has 9 nitrogen and oxygen atoms in total. The van der Waals surface area contributed by atoms with Crippen LogP contribution >= 0.6 is 0 Å². The zero-order chi connectivity index (χ0) is 18.7. The number of carbonyl (C=O) groups is 2. The molecular weight excluding hydrogens is 330 g/mol. The summed E-state index contributed by atoms with van der Waals surface area (Å²) >= 11 is 0. The smallest absolute Gasteiger partial charge is 0.335 e. The molecule has 0 aliphatic carbocycles. The number of hydrogen-bond donors (Lipinski definition) is 2. The van der Waals surface area contributed by atoms with Crippen molar-refractivity contribution in [1.82, 2.24) is 10.5 Å². The fourth-order valence-electron chi connectivity index (χ4n) is 2.43. The van der Waals surface area contributed by atoms with Crippen molar-refractivity contribution in [1.29, 1.82) is 0 Å². The van der Waals surface area contributed by atoms with Crippen LogP contribution in [0.5, 0.6) is 0 Å². The summed E-state index contributed by atoms with van der Waals surface area (Å²) in [5, 5.41) is 26.5. The summed E-state index contributed by atoms with van der Waals surface area (Å²) < 4.78 is 5.07. The highest BCUT2D eigenvalue weighted by atomic mass is 16.6. The second-order valence-corrected chi connectivity index (χ2v) is 5.71. The first-order chi connectivity index (χ1) is 11.7. The molecule has 1 unspecified atom stereocenters. The van der Waals surface area contributed by atoms with E-state index in [-0.39, 0.29) is 17.2 Å². The monoisotopic (exact) mass is 347 g/mol. The number of aromatic nitrogens is 1. The van der Waals surface area contributed by atoms with Gasteiger partial charge in [-0.05, 0) is 33.3 Å². The van der Waals surface area contributed by atoms with Gasteiger partial charge in [0.05, 0.1) is 16.2 Å². The van der Waals surface area contributed by atoms with Crippen LogP contribution in [0.2, 0.25) is 0 Å². The van der Waals surface area contributed by atoms with Crippen LogP contribution < -0.4 is 5.32 Å². The molecule has 2 N–H and O–H groups in total. The van der Waals surface area contributed by atoms with Crippen molar-refractivity contribution in [2.45, 2.75) is 33.2 Å². The van der Waals surface area contributed by atoms with Crippen LogP contribution in [0.15, 0.2) is 22.7 Å². The number of rotatable bonds is 6. The molecule has 0 radical (unpaired) electrons. The summed E-state index contributed by atoms with van der Waals surface area (Å²) in [6, 6.07) is 2.75.